The first-order valence-electron chi connectivity index (χ1n) is 10.4. The summed E-state index contributed by atoms with van der Waals surface area (Å²) in [6.45, 7) is 3.50. The van der Waals surface area contributed by atoms with Crippen molar-refractivity contribution in [1.29, 1.82) is 0 Å². The summed E-state index contributed by atoms with van der Waals surface area (Å²) < 4.78 is 32.3. The first-order valence-corrected chi connectivity index (χ1v) is 11.8. The molecule has 9 heteroatoms. The van der Waals surface area contributed by atoms with Crippen molar-refractivity contribution in [3.8, 4) is 5.75 Å². The number of rotatable bonds is 8. The predicted molar refractivity (Wildman–Crippen MR) is 121 cm³/mol. The summed E-state index contributed by atoms with van der Waals surface area (Å²) in [6.07, 6.45) is 0. The Labute approximate surface area is 189 Å². The molecule has 0 atom stereocenters. The van der Waals surface area contributed by atoms with Crippen molar-refractivity contribution in [1.82, 2.24) is 14.1 Å². The molecular weight excluding hydrogens is 430 g/mol. The molecule has 0 N–H and O–H groups in total. The van der Waals surface area contributed by atoms with E-state index in [4.69, 9.17) is 4.74 Å². The second-order valence-electron chi connectivity index (χ2n) is 7.89. The summed E-state index contributed by atoms with van der Waals surface area (Å²) >= 11 is 0. The van der Waals surface area contributed by atoms with Gasteiger partial charge in [0.25, 0.3) is 0 Å². The third-order valence-corrected chi connectivity index (χ3v) is 7.42. The van der Waals surface area contributed by atoms with Crippen molar-refractivity contribution in [2.24, 2.45) is 0 Å². The van der Waals surface area contributed by atoms with E-state index in [-0.39, 0.29) is 36.2 Å². The lowest BCUT2D eigenvalue weighted by atomic mass is 10.2. The van der Waals surface area contributed by atoms with E-state index >= 15 is 0 Å². The fraction of sp³-hybridized carbons (Fsp3) is 0.391. The fourth-order valence-corrected chi connectivity index (χ4v) is 5.04. The summed E-state index contributed by atoms with van der Waals surface area (Å²) in [5.41, 5.74) is 1.55. The first kappa shape index (κ1) is 23.9. The number of Topliss-reactive ketones (excluding diaryl/α,β-unsaturated/α-hetero) is 1. The van der Waals surface area contributed by atoms with Gasteiger partial charge in [-0.3, -0.25) is 14.5 Å². The number of hydrogen-bond acceptors (Lipinski definition) is 6. The fourth-order valence-electron chi connectivity index (χ4n) is 3.62. The van der Waals surface area contributed by atoms with Crippen molar-refractivity contribution >= 4 is 21.7 Å². The van der Waals surface area contributed by atoms with Crippen LogP contribution in [0.1, 0.15) is 22.8 Å². The zero-order valence-electron chi connectivity index (χ0n) is 18.7. The van der Waals surface area contributed by atoms with Gasteiger partial charge in [-0.25, -0.2) is 8.42 Å². The van der Waals surface area contributed by atoms with Gasteiger partial charge in [0.05, 0.1) is 18.6 Å². The van der Waals surface area contributed by atoms with Crippen molar-refractivity contribution in [2.75, 3.05) is 46.9 Å². The number of carbonyl (C=O) groups is 2. The normalized spacial score (nSPS) is 15.1. The Kier molecular flexibility index (Phi) is 7.65. The van der Waals surface area contributed by atoms with Gasteiger partial charge in [0.1, 0.15) is 5.75 Å². The van der Waals surface area contributed by atoms with Gasteiger partial charge in [0.2, 0.25) is 15.9 Å². The Morgan fingerprint density at radius 3 is 2.09 bits per heavy atom. The zero-order chi connectivity index (χ0) is 23.3. The molecule has 1 heterocycles. The molecule has 1 aliphatic rings. The third-order valence-electron chi connectivity index (χ3n) is 5.51. The van der Waals surface area contributed by atoms with Crippen LogP contribution in [0.15, 0.2) is 53.4 Å². The number of sulfonamides is 1. The summed E-state index contributed by atoms with van der Waals surface area (Å²) in [7, 11) is -0.157. The number of nitrogens with zero attached hydrogens (tertiary/aromatic N) is 3. The van der Waals surface area contributed by atoms with Gasteiger partial charge in [-0.1, -0.05) is 24.3 Å². The molecule has 1 aliphatic heterocycles. The van der Waals surface area contributed by atoms with Crippen molar-refractivity contribution in [2.45, 2.75) is 18.4 Å². The van der Waals surface area contributed by atoms with Crippen molar-refractivity contribution in [3.63, 3.8) is 0 Å². The molecule has 3 rings (SSSR count). The van der Waals surface area contributed by atoms with Gasteiger partial charge in [-0.05, 0) is 43.8 Å². The average molecular weight is 460 g/mol. The number of ether oxygens (including phenoxy) is 1. The lowest BCUT2D eigenvalue weighted by molar-refractivity contribution is -0.133. The number of likely N-dealkylation sites (N-methyl/N-ethyl adjacent to an activating group) is 1. The number of ketones is 1. The highest BCUT2D eigenvalue weighted by atomic mass is 32.2. The molecule has 0 unspecified atom stereocenters. The Morgan fingerprint density at radius 1 is 0.969 bits per heavy atom. The van der Waals surface area contributed by atoms with Gasteiger partial charge < -0.3 is 9.64 Å². The summed E-state index contributed by atoms with van der Waals surface area (Å²) in [4.78, 5) is 27.9. The molecule has 0 radical (unpaired) electrons. The Morgan fingerprint density at radius 2 is 1.56 bits per heavy atom. The maximum absolute atomic E-state index is 12.9. The van der Waals surface area contributed by atoms with Gasteiger partial charge >= 0.3 is 0 Å². The van der Waals surface area contributed by atoms with E-state index in [9.17, 15) is 18.0 Å². The molecule has 0 spiro atoms. The highest BCUT2D eigenvalue weighted by molar-refractivity contribution is 7.89. The van der Waals surface area contributed by atoms with Crippen LogP contribution in [0.3, 0.4) is 0 Å². The van der Waals surface area contributed by atoms with Crippen LogP contribution in [-0.2, 0) is 21.4 Å². The van der Waals surface area contributed by atoms with Crippen LogP contribution in [-0.4, -0.2) is 81.1 Å². The van der Waals surface area contributed by atoms with Gasteiger partial charge in [-0.2, -0.15) is 4.31 Å². The van der Waals surface area contributed by atoms with Crippen LogP contribution < -0.4 is 4.74 Å². The monoisotopic (exact) mass is 459 g/mol. The number of benzene rings is 2. The molecule has 1 amide bonds. The Bertz CT molecular complexity index is 1040. The van der Waals surface area contributed by atoms with Gasteiger partial charge in [0, 0.05) is 38.3 Å². The van der Waals surface area contributed by atoms with Gasteiger partial charge in [0.15, 0.2) is 5.78 Å². The summed E-state index contributed by atoms with van der Waals surface area (Å²) in [5, 5.41) is 0. The molecule has 2 aromatic carbocycles. The van der Waals surface area contributed by atoms with E-state index in [1.54, 1.807) is 12.0 Å². The molecule has 0 saturated carbocycles. The smallest absolute Gasteiger partial charge is 0.243 e. The molecule has 1 saturated heterocycles. The molecular formula is C23H29N3O5S. The van der Waals surface area contributed by atoms with E-state index in [0.717, 1.165) is 11.3 Å². The summed E-state index contributed by atoms with van der Waals surface area (Å²) in [5.74, 6) is 0.650. The van der Waals surface area contributed by atoms with E-state index in [0.29, 0.717) is 25.2 Å². The quantitative estimate of drug-likeness (QED) is 0.560. The molecule has 2 aromatic rings. The minimum atomic E-state index is -3.66. The Balaban J connectivity index is 1.52. The van der Waals surface area contributed by atoms with Crippen molar-refractivity contribution < 1.29 is 22.7 Å². The molecule has 0 bridgehead atoms. The molecule has 8 nitrogen and oxygen atoms in total. The second kappa shape index (κ2) is 10.2. The van der Waals surface area contributed by atoms with Crippen LogP contribution in [0.4, 0.5) is 0 Å². The number of hydrogen-bond donors (Lipinski definition) is 0. The maximum Gasteiger partial charge on any atom is 0.243 e. The molecule has 0 aliphatic carbocycles. The largest absolute Gasteiger partial charge is 0.497 e. The van der Waals surface area contributed by atoms with E-state index in [2.05, 4.69) is 0 Å². The highest BCUT2D eigenvalue weighted by Crippen LogP contribution is 2.19. The number of amides is 1. The first-order chi connectivity index (χ1) is 15.2. The lowest BCUT2D eigenvalue weighted by Gasteiger charge is -2.34. The minimum Gasteiger partial charge on any atom is -0.497 e. The number of carbonyl (C=O) groups excluding carboxylic acids is 2. The van der Waals surface area contributed by atoms with Gasteiger partial charge in [-0.15, -0.1) is 0 Å². The molecule has 0 aromatic heterocycles. The topological polar surface area (TPSA) is 87.2 Å². The lowest BCUT2D eigenvalue weighted by Crippen LogP contribution is -2.52. The second-order valence-corrected chi connectivity index (χ2v) is 9.82. The number of piperazine rings is 1. The molecule has 32 heavy (non-hydrogen) atoms. The SMILES string of the molecule is COc1ccc(CN(C)CC(=O)N2CCN(S(=O)(=O)c3ccc(C(C)=O)cc3)CC2)cc1. The average Bonchev–Trinajstić information content (AvgIpc) is 2.79. The molecule has 172 valence electrons. The highest BCUT2D eigenvalue weighted by Gasteiger charge is 2.30. The van der Waals surface area contributed by atoms with Crippen molar-refractivity contribution in [3.05, 3.63) is 59.7 Å². The predicted octanol–water partition coefficient (Wildman–Crippen LogP) is 1.86. The Hall–Kier alpha value is -2.75. The third kappa shape index (κ3) is 5.73. The summed E-state index contributed by atoms with van der Waals surface area (Å²) in [6, 6.07) is 13.7. The minimum absolute atomic E-state index is 0.0242. The molecule has 1 fully saturated rings. The van der Waals surface area contributed by atoms with Crippen LogP contribution in [0.25, 0.3) is 0 Å². The number of methoxy groups -OCH3 is 1. The van der Waals surface area contributed by atoms with Crippen LogP contribution in [0.2, 0.25) is 0 Å². The standard InChI is InChI=1S/C23H29N3O5S/c1-18(27)20-6-10-22(11-7-20)32(29,30)26-14-12-25(13-15-26)23(28)17-24(2)16-19-4-8-21(31-3)9-5-19/h4-11H,12-17H2,1-3H3. The zero-order valence-corrected chi connectivity index (χ0v) is 19.5. The maximum atomic E-state index is 12.9. The van der Waals surface area contributed by atoms with Crippen LogP contribution in [0.5, 0.6) is 5.75 Å². The van der Waals surface area contributed by atoms with E-state index in [1.165, 1.54) is 35.5 Å². The van der Waals surface area contributed by atoms with E-state index in [1.807, 2.05) is 36.2 Å². The van der Waals surface area contributed by atoms with Crippen LogP contribution >= 0.6 is 0 Å². The van der Waals surface area contributed by atoms with E-state index < -0.39 is 10.0 Å². The van der Waals surface area contributed by atoms with Crippen LogP contribution in [0, 0.1) is 0 Å².